The fourth-order valence-corrected chi connectivity index (χ4v) is 3.52. The second kappa shape index (κ2) is 10.1. The van der Waals surface area contributed by atoms with Gasteiger partial charge in [-0.2, -0.15) is 0 Å². The van der Waals surface area contributed by atoms with E-state index in [9.17, 15) is 34.3 Å². The van der Waals surface area contributed by atoms with E-state index in [1.54, 1.807) is 0 Å². The van der Waals surface area contributed by atoms with Gasteiger partial charge in [0.25, 0.3) is 0 Å². The molecule has 8 nitrogen and oxygen atoms in total. The molecule has 1 fully saturated rings. The summed E-state index contributed by atoms with van der Waals surface area (Å²) in [5.41, 5.74) is 0.194. The van der Waals surface area contributed by atoms with Gasteiger partial charge in [0, 0.05) is 18.1 Å². The third kappa shape index (κ3) is 5.01. The van der Waals surface area contributed by atoms with E-state index in [0.717, 1.165) is 12.1 Å². The maximum Gasteiger partial charge on any atom is 0.229 e. The van der Waals surface area contributed by atoms with Crippen LogP contribution in [-0.2, 0) is 17.8 Å². The molecule has 1 saturated heterocycles. The summed E-state index contributed by atoms with van der Waals surface area (Å²) in [5.74, 6) is -1.31. The quantitative estimate of drug-likeness (QED) is 0.410. The molecule has 1 aliphatic rings. The predicted octanol–water partition coefficient (Wildman–Crippen LogP) is 0.624. The molecule has 10 heteroatoms. The molecule has 32 heavy (non-hydrogen) atoms. The molecule has 0 spiro atoms. The zero-order valence-corrected chi connectivity index (χ0v) is 17.5. The molecule has 0 radical (unpaired) electrons. The van der Waals surface area contributed by atoms with E-state index in [1.165, 1.54) is 32.2 Å². The van der Waals surface area contributed by atoms with Crippen molar-refractivity contribution in [3.8, 4) is 11.5 Å². The third-order valence-electron chi connectivity index (χ3n) is 5.35. The van der Waals surface area contributed by atoms with Gasteiger partial charge in [-0.15, -0.1) is 0 Å². The van der Waals surface area contributed by atoms with Gasteiger partial charge in [0.05, 0.1) is 19.8 Å². The van der Waals surface area contributed by atoms with E-state index in [1.807, 2.05) is 0 Å². The molecule has 176 valence electrons. The summed E-state index contributed by atoms with van der Waals surface area (Å²) in [6.45, 7) is 0.801. The number of aliphatic hydroxyl groups excluding tert-OH is 5. The number of aliphatic hydroxyl groups is 5. The molecule has 3 rings (SSSR count). The highest BCUT2D eigenvalue weighted by Gasteiger charge is 2.46. The lowest BCUT2D eigenvalue weighted by Crippen LogP contribution is -2.61. The average Bonchev–Trinajstić information content (AvgIpc) is 2.76. The Balaban J connectivity index is 1.96. The van der Waals surface area contributed by atoms with Crippen LogP contribution in [0, 0.1) is 11.6 Å². The van der Waals surface area contributed by atoms with Crippen molar-refractivity contribution in [2.24, 2.45) is 0 Å². The molecule has 2 aromatic rings. The van der Waals surface area contributed by atoms with E-state index in [2.05, 4.69) is 0 Å². The lowest BCUT2D eigenvalue weighted by Gasteiger charge is -2.41. The fraction of sp³-hybridized carbons (Fsp3) is 0.455. The Labute approximate surface area is 183 Å². The first-order valence-electron chi connectivity index (χ1n) is 9.95. The van der Waals surface area contributed by atoms with Crippen molar-refractivity contribution < 1.29 is 48.5 Å². The van der Waals surface area contributed by atoms with Crippen LogP contribution in [-0.4, -0.2) is 69.5 Å². The highest BCUT2D eigenvalue weighted by atomic mass is 19.1. The molecule has 0 bridgehead atoms. The molecule has 6 atom stereocenters. The van der Waals surface area contributed by atoms with Crippen LogP contribution in [0.3, 0.4) is 0 Å². The highest BCUT2D eigenvalue weighted by Crippen LogP contribution is 2.32. The number of rotatable bonds is 7. The number of benzene rings is 2. The van der Waals surface area contributed by atoms with E-state index in [-0.39, 0.29) is 34.6 Å². The summed E-state index contributed by atoms with van der Waals surface area (Å²) in [7, 11) is 1.38. The highest BCUT2D eigenvalue weighted by molar-refractivity contribution is 5.43. The fourth-order valence-electron chi connectivity index (χ4n) is 3.52. The van der Waals surface area contributed by atoms with Gasteiger partial charge >= 0.3 is 0 Å². The number of halogens is 2. The predicted molar refractivity (Wildman–Crippen MR) is 107 cm³/mol. The van der Waals surface area contributed by atoms with Gasteiger partial charge in [0.1, 0.15) is 47.5 Å². The second-order valence-electron chi connectivity index (χ2n) is 7.65. The topological polar surface area (TPSA) is 129 Å². The second-order valence-corrected chi connectivity index (χ2v) is 7.65. The van der Waals surface area contributed by atoms with E-state index >= 15 is 0 Å². The lowest BCUT2D eigenvalue weighted by atomic mass is 9.96. The summed E-state index contributed by atoms with van der Waals surface area (Å²) in [5, 5.41) is 49.7. The molecule has 0 saturated carbocycles. The maximum atomic E-state index is 14.9. The summed E-state index contributed by atoms with van der Waals surface area (Å²) in [6.07, 6.45) is -9.35. The number of methoxy groups -OCH3 is 1. The Kier molecular flexibility index (Phi) is 7.65. The van der Waals surface area contributed by atoms with Gasteiger partial charge in [0.15, 0.2) is 0 Å². The van der Waals surface area contributed by atoms with Gasteiger partial charge in [-0.25, -0.2) is 8.78 Å². The van der Waals surface area contributed by atoms with Crippen LogP contribution < -0.4 is 9.47 Å². The van der Waals surface area contributed by atoms with E-state index < -0.39 is 55.1 Å². The largest absolute Gasteiger partial charge is 0.497 e. The summed E-state index contributed by atoms with van der Waals surface area (Å²) >= 11 is 0. The summed E-state index contributed by atoms with van der Waals surface area (Å²) in [4.78, 5) is 0. The minimum atomic E-state index is -1.73. The number of ether oxygens (including phenoxy) is 3. The van der Waals surface area contributed by atoms with Crippen LogP contribution in [0.1, 0.15) is 23.6 Å². The van der Waals surface area contributed by atoms with Gasteiger partial charge < -0.3 is 39.7 Å². The monoisotopic (exact) mass is 456 g/mol. The lowest BCUT2D eigenvalue weighted by molar-refractivity contribution is -0.286. The molecule has 1 aliphatic heterocycles. The minimum Gasteiger partial charge on any atom is -0.497 e. The molecule has 5 N–H and O–H groups in total. The Morgan fingerprint density at radius 1 is 1.03 bits per heavy atom. The SMILES string of the molecule is COc1ccc(Cc2c(F)cc(CO)cc2O[C@@H]2O[C@H]([C@@H](C)O)[C@@H](O)[C@H](O)[C@H]2O)c(F)c1. The van der Waals surface area contributed by atoms with Crippen molar-refractivity contribution in [1.82, 2.24) is 0 Å². The Bertz CT molecular complexity index is 938. The van der Waals surface area contributed by atoms with Crippen LogP contribution in [0.2, 0.25) is 0 Å². The van der Waals surface area contributed by atoms with Crippen molar-refractivity contribution in [3.63, 3.8) is 0 Å². The van der Waals surface area contributed by atoms with Crippen molar-refractivity contribution in [2.75, 3.05) is 7.11 Å². The van der Waals surface area contributed by atoms with E-state index in [4.69, 9.17) is 14.2 Å². The maximum absolute atomic E-state index is 14.9. The third-order valence-corrected chi connectivity index (χ3v) is 5.35. The average molecular weight is 456 g/mol. The Morgan fingerprint density at radius 2 is 1.75 bits per heavy atom. The zero-order chi connectivity index (χ0) is 23.6. The van der Waals surface area contributed by atoms with Crippen LogP contribution in [0.25, 0.3) is 0 Å². The van der Waals surface area contributed by atoms with Gasteiger partial charge in [0.2, 0.25) is 6.29 Å². The molecule has 0 aliphatic carbocycles. The number of hydrogen-bond donors (Lipinski definition) is 5. The minimum absolute atomic E-state index is 0.0868. The summed E-state index contributed by atoms with van der Waals surface area (Å²) < 4.78 is 45.3. The van der Waals surface area contributed by atoms with E-state index in [0.29, 0.717) is 0 Å². The molecular formula is C22H26F2O8. The Hall–Kier alpha value is -2.34. The van der Waals surface area contributed by atoms with Gasteiger partial charge in [-0.05, 0) is 36.2 Å². The molecule has 0 amide bonds. The van der Waals surface area contributed by atoms with Crippen LogP contribution in [0.5, 0.6) is 11.5 Å². The summed E-state index contributed by atoms with van der Waals surface area (Å²) in [6, 6.07) is 6.45. The normalized spacial score (nSPS) is 26.6. The molecule has 0 unspecified atom stereocenters. The van der Waals surface area contributed by atoms with Crippen molar-refractivity contribution in [1.29, 1.82) is 0 Å². The van der Waals surface area contributed by atoms with Crippen molar-refractivity contribution >= 4 is 0 Å². The van der Waals surface area contributed by atoms with Crippen LogP contribution in [0.4, 0.5) is 8.78 Å². The first-order valence-corrected chi connectivity index (χ1v) is 9.95. The van der Waals surface area contributed by atoms with Gasteiger partial charge in [-0.1, -0.05) is 6.07 Å². The van der Waals surface area contributed by atoms with Crippen molar-refractivity contribution in [2.45, 2.75) is 56.8 Å². The van der Waals surface area contributed by atoms with Crippen LogP contribution >= 0.6 is 0 Å². The molecule has 0 aromatic heterocycles. The Morgan fingerprint density at radius 3 is 2.34 bits per heavy atom. The van der Waals surface area contributed by atoms with Crippen LogP contribution in [0.15, 0.2) is 30.3 Å². The number of hydrogen-bond acceptors (Lipinski definition) is 8. The first-order chi connectivity index (χ1) is 15.2. The molecule has 1 heterocycles. The first kappa shape index (κ1) is 24.3. The molecular weight excluding hydrogens is 430 g/mol. The zero-order valence-electron chi connectivity index (χ0n) is 17.5. The van der Waals surface area contributed by atoms with Crippen molar-refractivity contribution in [3.05, 3.63) is 58.7 Å². The van der Waals surface area contributed by atoms with Gasteiger partial charge in [-0.3, -0.25) is 0 Å². The molecule has 2 aromatic carbocycles. The smallest absolute Gasteiger partial charge is 0.229 e. The standard InChI is InChI=1S/C22H26F2O8/c1-10(26)21-19(28)18(27)20(29)22(32-21)31-17-6-11(9-25)5-16(24)14(17)7-12-3-4-13(30-2)8-15(12)23/h3-6,8,10,18-22,25-29H,7,9H2,1-2H3/t10-,18+,19+,20-,21-,22-/m1/s1.